The number of aryl methyl sites for hydroxylation is 1. The molecular formula is C16H18F3N7O. The van der Waals surface area contributed by atoms with E-state index in [1.54, 1.807) is 25.4 Å². The maximum atomic E-state index is 13.4. The molecule has 2 aromatic heterocycles. The van der Waals surface area contributed by atoms with Gasteiger partial charge in [-0.1, -0.05) is 12.2 Å². The second-order valence-electron chi connectivity index (χ2n) is 6.18. The number of hydrogen-bond donors (Lipinski definition) is 3. The zero-order valence-electron chi connectivity index (χ0n) is 14.4. The second kappa shape index (κ2) is 7.25. The molecule has 1 aliphatic rings. The molecule has 2 atom stereocenters. The number of rotatable bonds is 5. The van der Waals surface area contributed by atoms with Crippen LogP contribution in [0.15, 0.2) is 30.7 Å². The fraction of sp³-hybridized carbons (Fsp3) is 0.375. The molecule has 8 nitrogen and oxygen atoms in total. The Kier molecular flexibility index (Phi) is 5.02. The van der Waals surface area contributed by atoms with Gasteiger partial charge < -0.3 is 16.4 Å². The summed E-state index contributed by atoms with van der Waals surface area (Å²) in [4.78, 5) is 19.3. The van der Waals surface area contributed by atoms with Crippen molar-refractivity contribution < 1.29 is 18.0 Å². The molecule has 0 bridgehead atoms. The van der Waals surface area contributed by atoms with E-state index in [-0.39, 0.29) is 5.95 Å². The van der Waals surface area contributed by atoms with E-state index in [2.05, 4.69) is 25.7 Å². The van der Waals surface area contributed by atoms with Crippen molar-refractivity contribution >= 4 is 23.4 Å². The smallest absolute Gasteiger partial charge is 0.369 e. The molecule has 0 saturated heterocycles. The lowest BCUT2D eigenvalue weighted by Gasteiger charge is -2.28. The van der Waals surface area contributed by atoms with Crippen molar-refractivity contribution in [3.63, 3.8) is 0 Å². The van der Waals surface area contributed by atoms with Crippen LogP contribution in [0.1, 0.15) is 18.4 Å². The van der Waals surface area contributed by atoms with Crippen LogP contribution in [-0.2, 0) is 18.0 Å². The summed E-state index contributed by atoms with van der Waals surface area (Å²) in [5, 5.41) is 9.49. The predicted octanol–water partition coefficient (Wildman–Crippen LogP) is 2.20. The van der Waals surface area contributed by atoms with Crippen LogP contribution in [0.5, 0.6) is 0 Å². The first-order chi connectivity index (χ1) is 12.7. The molecule has 27 heavy (non-hydrogen) atoms. The second-order valence-corrected chi connectivity index (χ2v) is 6.18. The highest BCUT2D eigenvalue weighted by atomic mass is 19.4. The normalized spacial score (nSPS) is 19.7. The predicted molar refractivity (Wildman–Crippen MR) is 92.0 cm³/mol. The lowest BCUT2D eigenvalue weighted by Crippen LogP contribution is -2.40. The van der Waals surface area contributed by atoms with E-state index in [9.17, 15) is 18.0 Å². The van der Waals surface area contributed by atoms with Crippen LogP contribution in [0.4, 0.5) is 30.6 Å². The average molecular weight is 381 g/mol. The molecule has 0 aromatic carbocycles. The van der Waals surface area contributed by atoms with Crippen LogP contribution in [0.25, 0.3) is 0 Å². The zero-order chi connectivity index (χ0) is 19.6. The minimum Gasteiger partial charge on any atom is -0.369 e. The topological polar surface area (TPSA) is 111 Å². The molecule has 144 valence electrons. The van der Waals surface area contributed by atoms with Gasteiger partial charge in [0.05, 0.1) is 17.8 Å². The van der Waals surface area contributed by atoms with Gasteiger partial charge in [0.1, 0.15) is 11.4 Å². The highest BCUT2D eigenvalue weighted by Gasteiger charge is 2.37. The van der Waals surface area contributed by atoms with Crippen molar-refractivity contribution in [3.8, 4) is 0 Å². The van der Waals surface area contributed by atoms with Gasteiger partial charge in [-0.3, -0.25) is 9.48 Å². The van der Waals surface area contributed by atoms with Crippen LogP contribution in [0, 0.1) is 5.92 Å². The lowest BCUT2D eigenvalue weighted by molar-refractivity contribution is -0.137. The third-order valence-corrected chi connectivity index (χ3v) is 4.18. The summed E-state index contributed by atoms with van der Waals surface area (Å²) in [6.45, 7) is 0. The summed E-state index contributed by atoms with van der Waals surface area (Å²) in [7, 11) is 1.70. The van der Waals surface area contributed by atoms with Gasteiger partial charge >= 0.3 is 6.18 Å². The number of alkyl halides is 3. The number of aromatic nitrogens is 4. The van der Waals surface area contributed by atoms with Crippen LogP contribution in [0.2, 0.25) is 0 Å². The maximum Gasteiger partial charge on any atom is 0.421 e. The number of allylic oxidation sites excluding steroid dienone is 1. The molecule has 0 aliphatic heterocycles. The van der Waals surface area contributed by atoms with Gasteiger partial charge in [0, 0.05) is 25.5 Å². The molecule has 11 heteroatoms. The monoisotopic (exact) mass is 381 g/mol. The quantitative estimate of drug-likeness (QED) is 0.685. The molecular weight excluding hydrogens is 363 g/mol. The summed E-state index contributed by atoms with van der Waals surface area (Å²) in [5.74, 6) is -1.63. The number of nitrogens with one attached hydrogen (secondary N) is 2. The van der Waals surface area contributed by atoms with E-state index in [0.29, 0.717) is 24.7 Å². The molecule has 0 spiro atoms. The Bertz CT molecular complexity index is 862. The van der Waals surface area contributed by atoms with Crippen LogP contribution in [0.3, 0.4) is 0 Å². The molecule has 1 amide bonds. The Morgan fingerprint density at radius 1 is 1.30 bits per heavy atom. The number of carbonyl (C=O) groups is 1. The molecule has 0 fully saturated rings. The highest BCUT2D eigenvalue weighted by molar-refractivity contribution is 5.78. The Balaban J connectivity index is 1.91. The number of primary amides is 1. The SMILES string of the molecule is Cn1cc(Nc2ncc(C(F)(F)F)c(N[C@@H]3CC=CC[C@@H]3C(N)=O)n2)cn1. The zero-order valence-corrected chi connectivity index (χ0v) is 14.4. The van der Waals surface area contributed by atoms with Gasteiger partial charge in [-0.25, -0.2) is 4.98 Å². The summed E-state index contributed by atoms with van der Waals surface area (Å²) in [6.07, 6.45) is 3.47. The number of nitrogens with two attached hydrogens (primary N) is 1. The standard InChI is InChI=1S/C16H18F3N7O/c1-26-8-9(6-22-26)23-15-21-7-11(16(17,18)19)14(25-15)24-12-5-3-2-4-10(12)13(20)27/h2-3,6-8,10,12H,4-5H2,1H3,(H2,20,27)(H2,21,23,24,25)/t10-,12+/m0/s1. The Morgan fingerprint density at radius 3 is 2.67 bits per heavy atom. The molecule has 2 heterocycles. The van der Waals surface area contributed by atoms with Crippen molar-refractivity contribution in [2.75, 3.05) is 10.6 Å². The number of carbonyl (C=O) groups excluding carboxylic acids is 1. The maximum absolute atomic E-state index is 13.4. The van der Waals surface area contributed by atoms with Gasteiger partial charge in [-0.05, 0) is 12.8 Å². The van der Waals surface area contributed by atoms with Crippen LogP contribution in [-0.4, -0.2) is 31.7 Å². The van der Waals surface area contributed by atoms with Crippen molar-refractivity contribution in [2.45, 2.75) is 25.1 Å². The summed E-state index contributed by atoms with van der Waals surface area (Å²) in [6, 6.07) is -0.588. The summed E-state index contributed by atoms with van der Waals surface area (Å²) in [5.41, 5.74) is 4.89. The summed E-state index contributed by atoms with van der Waals surface area (Å²) >= 11 is 0. The van der Waals surface area contributed by atoms with E-state index in [4.69, 9.17) is 5.73 Å². The lowest BCUT2D eigenvalue weighted by atomic mass is 9.88. The van der Waals surface area contributed by atoms with E-state index in [1.165, 1.54) is 10.9 Å². The molecule has 0 unspecified atom stereocenters. The number of nitrogens with zero attached hydrogens (tertiary/aromatic N) is 4. The van der Waals surface area contributed by atoms with E-state index in [0.717, 1.165) is 0 Å². The van der Waals surface area contributed by atoms with Crippen molar-refractivity contribution in [1.29, 1.82) is 0 Å². The highest BCUT2D eigenvalue weighted by Crippen LogP contribution is 2.35. The Hall–Kier alpha value is -3.11. The van der Waals surface area contributed by atoms with Gasteiger partial charge in [0.25, 0.3) is 0 Å². The van der Waals surface area contributed by atoms with Gasteiger partial charge in [-0.15, -0.1) is 0 Å². The van der Waals surface area contributed by atoms with Crippen molar-refractivity contribution in [1.82, 2.24) is 19.7 Å². The first kappa shape index (κ1) is 18.7. The summed E-state index contributed by atoms with van der Waals surface area (Å²) < 4.78 is 41.6. The molecule has 3 rings (SSSR count). The number of anilines is 3. The van der Waals surface area contributed by atoms with E-state index < -0.39 is 35.4 Å². The van der Waals surface area contributed by atoms with Gasteiger partial charge in [0.15, 0.2) is 0 Å². The fourth-order valence-corrected chi connectivity index (χ4v) is 2.84. The Labute approximate surface area is 152 Å². The molecule has 2 aromatic rings. The van der Waals surface area contributed by atoms with Crippen molar-refractivity contribution in [3.05, 3.63) is 36.3 Å². The average Bonchev–Trinajstić information content (AvgIpc) is 2.99. The third-order valence-electron chi connectivity index (χ3n) is 4.18. The first-order valence-corrected chi connectivity index (χ1v) is 8.15. The van der Waals surface area contributed by atoms with E-state index in [1.807, 2.05) is 0 Å². The fourth-order valence-electron chi connectivity index (χ4n) is 2.84. The van der Waals surface area contributed by atoms with E-state index >= 15 is 0 Å². The number of halogens is 3. The van der Waals surface area contributed by atoms with Gasteiger partial charge in [0.2, 0.25) is 11.9 Å². The molecule has 1 aliphatic carbocycles. The van der Waals surface area contributed by atoms with Crippen molar-refractivity contribution in [2.24, 2.45) is 18.7 Å². The van der Waals surface area contributed by atoms with Gasteiger partial charge in [-0.2, -0.15) is 23.3 Å². The molecule has 0 radical (unpaired) electrons. The Morgan fingerprint density at radius 2 is 2.04 bits per heavy atom. The van der Waals surface area contributed by atoms with Crippen LogP contribution < -0.4 is 16.4 Å². The first-order valence-electron chi connectivity index (χ1n) is 8.15. The minimum absolute atomic E-state index is 0.0273. The number of amides is 1. The molecule has 0 saturated carbocycles. The van der Waals surface area contributed by atoms with Crippen LogP contribution >= 0.6 is 0 Å². The minimum atomic E-state index is -4.65. The molecule has 4 N–H and O–H groups in total. The largest absolute Gasteiger partial charge is 0.421 e. The third kappa shape index (κ3) is 4.36. The number of hydrogen-bond acceptors (Lipinski definition) is 6.